The van der Waals surface area contributed by atoms with Crippen molar-refractivity contribution >= 4 is 11.8 Å². The van der Waals surface area contributed by atoms with Crippen molar-refractivity contribution in [2.75, 3.05) is 14.1 Å². The van der Waals surface area contributed by atoms with Crippen LogP contribution in [0.5, 0.6) is 0 Å². The molecule has 5 heteroatoms. The van der Waals surface area contributed by atoms with Gasteiger partial charge in [-0.1, -0.05) is 0 Å². The zero-order valence-corrected chi connectivity index (χ0v) is 31.5. The van der Waals surface area contributed by atoms with Crippen molar-refractivity contribution in [3.63, 3.8) is 0 Å². The molecule has 0 heterocycles. The van der Waals surface area contributed by atoms with Crippen LogP contribution in [0.15, 0.2) is 72.8 Å². The summed E-state index contributed by atoms with van der Waals surface area (Å²) in [5.41, 5.74) is 12.9. The maximum absolute atomic E-state index is 14.7. The van der Waals surface area contributed by atoms with Crippen LogP contribution in [0.1, 0.15) is 83.3 Å². The Balaban J connectivity index is 1.93. The Morgan fingerprint density at radius 1 is 0.556 bits per heavy atom. The molecule has 235 valence electrons. The van der Waals surface area contributed by atoms with Crippen molar-refractivity contribution in [3.05, 3.63) is 140 Å². The molecular weight excluding hydrogens is 632 g/mol. The molecule has 0 bridgehead atoms. The van der Waals surface area contributed by atoms with E-state index in [2.05, 4.69) is 97.0 Å². The Hall–Kier alpha value is -3.30. The molecule has 4 rings (SSSR count). The van der Waals surface area contributed by atoms with Gasteiger partial charge >= 0.3 is 281 Å². The van der Waals surface area contributed by atoms with Crippen LogP contribution in [0.3, 0.4) is 0 Å². The first-order valence-corrected chi connectivity index (χ1v) is 20.5. The van der Waals surface area contributed by atoms with E-state index in [-0.39, 0.29) is 11.8 Å². The summed E-state index contributed by atoms with van der Waals surface area (Å²) in [6.45, 7) is 18.8. The molecule has 45 heavy (non-hydrogen) atoms. The van der Waals surface area contributed by atoms with E-state index in [1.165, 1.54) is 22.3 Å². The third kappa shape index (κ3) is 6.80. The second-order valence-corrected chi connectivity index (χ2v) is 19.9. The van der Waals surface area contributed by atoms with E-state index in [4.69, 9.17) is 0 Å². The van der Waals surface area contributed by atoms with Gasteiger partial charge in [-0.3, -0.25) is 0 Å². The first-order chi connectivity index (χ1) is 21.2. The Bertz CT molecular complexity index is 1590. The zero-order valence-electron chi connectivity index (χ0n) is 29.1. The molecule has 4 aromatic carbocycles. The zero-order chi connectivity index (χ0) is 33.2. The van der Waals surface area contributed by atoms with Crippen molar-refractivity contribution in [1.82, 2.24) is 9.80 Å². The fourth-order valence-electron chi connectivity index (χ4n) is 6.41. The molecular formula is C40H49N2O2Zr. The molecule has 0 aliphatic carbocycles. The number of rotatable bonds is 9. The molecule has 0 saturated heterocycles. The van der Waals surface area contributed by atoms with Crippen LogP contribution < -0.4 is 0 Å². The summed E-state index contributed by atoms with van der Waals surface area (Å²) in [7, 11) is 3.84. The van der Waals surface area contributed by atoms with E-state index < -0.39 is 25.1 Å². The quantitative estimate of drug-likeness (QED) is 0.166. The van der Waals surface area contributed by atoms with Crippen molar-refractivity contribution in [2.24, 2.45) is 0 Å². The summed E-state index contributed by atoms with van der Waals surface area (Å²) >= 11 is -2.90. The van der Waals surface area contributed by atoms with Gasteiger partial charge in [0.2, 0.25) is 0 Å². The molecule has 0 spiro atoms. The van der Waals surface area contributed by atoms with Gasteiger partial charge in [0.05, 0.1) is 0 Å². The van der Waals surface area contributed by atoms with Gasteiger partial charge in [0.1, 0.15) is 0 Å². The van der Waals surface area contributed by atoms with E-state index in [1.54, 1.807) is 0 Å². The Morgan fingerprint density at radius 3 is 1.22 bits per heavy atom. The third-order valence-corrected chi connectivity index (χ3v) is 19.6. The summed E-state index contributed by atoms with van der Waals surface area (Å²) in [6, 6.07) is 25.2. The normalized spacial score (nSPS) is 11.4. The number of hydrogen-bond acceptors (Lipinski definition) is 2. The molecule has 0 aliphatic heterocycles. The van der Waals surface area contributed by atoms with Crippen LogP contribution in [0, 0.1) is 55.4 Å². The maximum atomic E-state index is 14.7. The first kappa shape index (κ1) is 34.6. The average Bonchev–Trinajstić information content (AvgIpc) is 3.05. The summed E-state index contributed by atoms with van der Waals surface area (Å²) in [5.74, 6) is -0.0684. The van der Waals surface area contributed by atoms with Gasteiger partial charge in [-0.15, -0.1) is 0 Å². The van der Waals surface area contributed by atoms with E-state index >= 15 is 0 Å². The Labute approximate surface area is 279 Å². The molecule has 0 unspecified atom stereocenters. The second-order valence-electron chi connectivity index (χ2n) is 12.9. The minimum absolute atomic E-state index is 0.0342. The monoisotopic (exact) mass is 679 g/mol. The molecule has 0 aromatic heterocycles. The van der Waals surface area contributed by atoms with E-state index in [9.17, 15) is 9.59 Å². The predicted octanol–water partition coefficient (Wildman–Crippen LogP) is 8.69. The van der Waals surface area contributed by atoms with E-state index in [0.29, 0.717) is 11.1 Å². The number of hydrogen-bond donors (Lipinski definition) is 0. The molecule has 0 radical (unpaired) electrons. The molecule has 0 aliphatic rings. The fourth-order valence-corrected chi connectivity index (χ4v) is 14.8. The molecule has 2 amide bonds. The van der Waals surface area contributed by atoms with Gasteiger partial charge in [0.15, 0.2) is 0 Å². The number of carbonyl (C=O) groups is 2. The van der Waals surface area contributed by atoms with Gasteiger partial charge in [-0.25, -0.2) is 0 Å². The Kier molecular flexibility index (Phi) is 10.8. The summed E-state index contributed by atoms with van der Waals surface area (Å²) in [5, 5.41) is 0. The molecule has 0 fully saturated rings. The van der Waals surface area contributed by atoms with Gasteiger partial charge in [-0.05, 0) is 0 Å². The number of benzene rings is 4. The van der Waals surface area contributed by atoms with Crippen LogP contribution in [-0.2, 0) is 30.0 Å². The van der Waals surface area contributed by atoms with Gasteiger partial charge in [0, 0.05) is 0 Å². The Morgan fingerprint density at radius 2 is 0.889 bits per heavy atom. The van der Waals surface area contributed by atoms with Crippen LogP contribution in [0.4, 0.5) is 0 Å². The van der Waals surface area contributed by atoms with Crippen LogP contribution in [0.2, 0.25) is 0 Å². The van der Waals surface area contributed by atoms with Crippen molar-refractivity contribution in [3.8, 4) is 0 Å². The minimum atomic E-state index is -2.90. The number of nitrogens with zero attached hydrogens (tertiary/aromatic N) is 2. The molecule has 0 atom stereocenters. The van der Waals surface area contributed by atoms with Crippen LogP contribution in [-0.4, -0.2) is 39.1 Å². The third-order valence-electron chi connectivity index (χ3n) is 10.5. The SMILES string of the molecule is Cc1cc(C(=O)N(C)[C](C)(N(C)C(=O)c2cc(C)c(C)c(C)c2C)[Zr]([CH2]c2ccccc2)[CH2]c2ccccc2)c(C)c(C)c1C. The van der Waals surface area contributed by atoms with Crippen LogP contribution >= 0.6 is 0 Å². The number of amides is 2. The number of aryl methyl sites for hydroxylation is 2. The van der Waals surface area contributed by atoms with Crippen molar-refractivity contribution in [2.45, 2.75) is 73.9 Å². The molecule has 4 nitrogen and oxygen atoms in total. The summed E-state index contributed by atoms with van der Waals surface area (Å²) in [6.07, 6.45) is 0. The average molecular weight is 681 g/mol. The summed E-state index contributed by atoms with van der Waals surface area (Å²) < 4.78 is 0.986. The fraction of sp³-hybridized carbons (Fsp3) is 0.350. The molecule has 0 N–H and O–H groups in total. The first-order valence-electron chi connectivity index (χ1n) is 15.8. The van der Waals surface area contributed by atoms with Gasteiger partial charge in [-0.2, -0.15) is 0 Å². The second kappa shape index (κ2) is 14.0. The topological polar surface area (TPSA) is 40.6 Å². The summed E-state index contributed by atoms with van der Waals surface area (Å²) in [4.78, 5) is 33.3. The van der Waals surface area contributed by atoms with E-state index in [0.717, 1.165) is 41.6 Å². The van der Waals surface area contributed by atoms with E-state index in [1.807, 2.05) is 62.0 Å². The number of carbonyl (C=O) groups excluding carboxylic acids is 2. The predicted molar refractivity (Wildman–Crippen MR) is 184 cm³/mol. The van der Waals surface area contributed by atoms with Gasteiger partial charge in [0.25, 0.3) is 0 Å². The van der Waals surface area contributed by atoms with Crippen LogP contribution in [0.25, 0.3) is 0 Å². The molecule has 0 saturated carbocycles. The van der Waals surface area contributed by atoms with Crippen molar-refractivity contribution in [1.29, 1.82) is 0 Å². The standard InChI is InChI=1S/C26H35N2O2.2C7H7.Zr/c1-14-12-23(20(7)18(5)16(14)3)25(29)27(10)22(9)28(11)26(30)24-13-15(2)17(4)19(6)21(24)8;2*1-7-5-3-2-4-6-7;/h12-13H,1-11H3;2*2-6H,1H2;. The van der Waals surface area contributed by atoms with Gasteiger partial charge < -0.3 is 0 Å². The van der Waals surface area contributed by atoms with Crippen molar-refractivity contribution < 1.29 is 31.3 Å². The molecule has 4 aromatic rings.